The molecule has 1 saturated heterocycles. The Bertz CT molecular complexity index is 585. The molecule has 5 heteroatoms. The highest BCUT2D eigenvalue weighted by molar-refractivity contribution is 14.0. The van der Waals surface area contributed by atoms with E-state index < -0.39 is 0 Å². The van der Waals surface area contributed by atoms with Crippen molar-refractivity contribution in [2.24, 2.45) is 16.6 Å². The number of likely N-dealkylation sites (tertiary alicyclic amines) is 1. The van der Waals surface area contributed by atoms with Gasteiger partial charge in [0, 0.05) is 24.8 Å². The average Bonchev–Trinajstić information content (AvgIpc) is 2.60. The predicted octanol–water partition coefficient (Wildman–Crippen LogP) is 4.03. The fraction of sp³-hybridized carbons (Fsp3) is 0.650. The number of halogens is 1. The molecular weight excluding hydrogens is 423 g/mol. The van der Waals surface area contributed by atoms with Crippen molar-refractivity contribution in [3.63, 3.8) is 0 Å². The highest BCUT2D eigenvalue weighted by Crippen LogP contribution is 2.27. The number of fused-ring (bicyclic) bond motifs is 1. The van der Waals surface area contributed by atoms with Crippen LogP contribution in [0, 0.1) is 5.92 Å². The third-order valence-electron chi connectivity index (χ3n) is 5.46. The molecule has 0 saturated carbocycles. The van der Waals surface area contributed by atoms with Crippen LogP contribution in [0.15, 0.2) is 23.2 Å². The standard InChI is InChI=1S/C20H32N4.HI/c1-15(2)24-12-6-7-16(14-24)13-22-20(21)23-19-11-5-9-17-8-3-4-10-18(17)19;/h5,9,11,15-16H,3-4,6-8,10,12-14H2,1-2H3,(H3,21,22,23);1H. The van der Waals surface area contributed by atoms with Gasteiger partial charge in [-0.1, -0.05) is 12.1 Å². The van der Waals surface area contributed by atoms with Crippen LogP contribution in [0.1, 0.15) is 50.7 Å². The molecule has 0 bridgehead atoms. The molecule has 1 aliphatic heterocycles. The maximum atomic E-state index is 6.18. The second kappa shape index (κ2) is 9.76. The number of hydrogen-bond donors (Lipinski definition) is 2. The van der Waals surface area contributed by atoms with Crippen molar-refractivity contribution in [2.45, 2.75) is 58.4 Å². The zero-order valence-electron chi connectivity index (χ0n) is 15.6. The molecule has 3 rings (SSSR count). The number of nitrogens with zero attached hydrogens (tertiary/aromatic N) is 2. The number of benzene rings is 1. The molecule has 1 aromatic rings. The Morgan fingerprint density at radius 1 is 1.28 bits per heavy atom. The highest BCUT2D eigenvalue weighted by atomic mass is 127. The molecule has 25 heavy (non-hydrogen) atoms. The van der Waals surface area contributed by atoms with Gasteiger partial charge in [-0.2, -0.15) is 0 Å². The van der Waals surface area contributed by atoms with E-state index in [1.807, 2.05) is 0 Å². The van der Waals surface area contributed by atoms with Crippen LogP contribution in [0.25, 0.3) is 0 Å². The number of nitrogens with two attached hydrogens (primary N) is 1. The number of hydrogen-bond acceptors (Lipinski definition) is 2. The Labute approximate surface area is 169 Å². The van der Waals surface area contributed by atoms with E-state index in [0.29, 0.717) is 17.9 Å². The number of aryl methyl sites for hydroxylation is 1. The first-order chi connectivity index (χ1) is 11.6. The van der Waals surface area contributed by atoms with E-state index in [-0.39, 0.29) is 24.0 Å². The molecule has 1 fully saturated rings. The monoisotopic (exact) mass is 456 g/mol. The lowest BCUT2D eigenvalue weighted by molar-refractivity contribution is 0.143. The Morgan fingerprint density at radius 3 is 2.88 bits per heavy atom. The molecule has 1 aliphatic carbocycles. The van der Waals surface area contributed by atoms with Crippen molar-refractivity contribution in [2.75, 3.05) is 25.0 Å². The van der Waals surface area contributed by atoms with Gasteiger partial charge in [-0.3, -0.25) is 4.99 Å². The van der Waals surface area contributed by atoms with E-state index in [4.69, 9.17) is 5.73 Å². The summed E-state index contributed by atoms with van der Waals surface area (Å²) in [6.45, 7) is 7.76. The number of aliphatic imine (C=N–C) groups is 1. The molecule has 0 spiro atoms. The zero-order chi connectivity index (χ0) is 16.9. The predicted molar refractivity (Wildman–Crippen MR) is 118 cm³/mol. The van der Waals surface area contributed by atoms with Crippen molar-refractivity contribution in [1.82, 2.24) is 4.90 Å². The van der Waals surface area contributed by atoms with Gasteiger partial charge in [0.05, 0.1) is 0 Å². The summed E-state index contributed by atoms with van der Waals surface area (Å²) >= 11 is 0. The molecule has 4 nitrogen and oxygen atoms in total. The molecule has 2 aliphatic rings. The van der Waals surface area contributed by atoms with Gasteiger partial charge in [0.25, 0.3) is 0 Å². The van der Waals surface area contributed by atoms with E-state index in [2.05, 4.69) is 47.3 Å². The van der Waals surface area contributed by atoms with Crippen LogP contribution in [0.2, 0.25) is 0 Å². The second-order valence-electron chi connectivity index (χ2n) is 7.60. The topological polar surface area (TPSA) is 53.6 Å². The lowest BCUT2D eigenvalue weighted by atomic mass is 9.90. The van der Waals surface area contributed by atoms with Crippen LogP contribution >= 0.6 is 24.0 Å². The van der Waals surface area contributed by atoms with Crippen LogP contribution in [0.5, 0.6) is 0 Å². The van der Waals surface area contributed by atoms with Crippen LogP contribution in [0.3, 0.4) is 0 Å². The van der Waals surface area contributed by atoms with Gasteiger partial charge in [-0.25, -0.2) is 0 Å². The molecule has 0 radical (unpaired) electrons. The third kappa shape index (κ3) is 5.58. The van der Waals surface area contributed by atoms with Crippen LogP contribution in [-0.4, -0.2) is 36.5 Å². The van der Waals surface area contributed by atoms with Crippen molar-refractivity contribution >= 4 is 35.6 Å². The van der Waals surface area contributed by atoms with Crippen molar-refractivity contribution < 1.29 is 0 Å². The molecule has 140 valence electrons. The summed E-state index contributed by atoms with van der Waals surface area (Å²) in [5, 5.41) is 3.36. The molecule has 3 N–H and O–H groups in total. The molecular formula is C20H33IN4. The summed E-state index contributed by atoms with van der Waals surface area (Å²) in [6, 6.07) is 7.13. The fourth-order valence-corrected chi connectivity index (χ4v) is 4.02. The summed E-state index contributed by atoms with van der Waals surface area (Å²) < 4.78 is 0. The maximum Gasteiger partial charge on any atom is 0.193 e. The molecule has 0 amide bonds. The van der Waals surface area contributed by atoms with Crippen molar-refractivity contribution in [3.8, 4) is 0 Å². The first kappa shape index (κ1) is 20.5. The lowest BCUT2D eigenvalue weighted by Crippen LogP contribution is -2.41. The highest BCUT2D eigenvalue weighted by Gasteiger charge is 2.21. The summed E-state index contributed by atoms with van der Waals surface area (Å²) in [6.07, 6.45) is 7.45. The quantitative estimate of drug-likeness (QED) is 0.409. The van der Waals surface area contributed by atoms with Gasteiger partial charge in [0.2, 0.25) is 0 Å². The molecule has 0 aromatic heterocycles. The lowest BCUT2D eigenvalue weighted by Gasteiger charge is -2.34. The zero-order valence-corrected chi connectivity index (χ0v) is 18.0. The molecule has 1 heterocycles. The van der Waals surface area contributed by atoms with Gasteiger partial charge in [0.1, 0.15) is 0 Å². The number of nitrogens with one attached hydrogen (secondary N) is 1. The van der Waals surface area contributed by atoms with E-state index in [0.717, 1.165) is 25.2 Å². The first-order valence-electron chi connectivity index (χ1n) is 9.55. The summed E-state index contributed by atoms with van der Waals surface area (Å²) in [4.78, 5) is 7.20. The van der Waals surface area contributed by atoms with E-state index in [1.165, 1.54) is 49.8 Å². The Hall–Kier alpha value is -0.820. The smallest absolute Gasteiger partial charge is 0.193 e. The van der Waals surface area contributed by atoms with Gasteiger partial charge in [-0.05, 0) is 82.0 Å². The van der Waals surface area contributed by atoms with Crippen LogP contribution < -0.4 is 11.1 Å². The second-order valence-corrected chi connectivity index (χ2v) is 7.60. The van der Waals surface area contributed by atoms with Crippen molar-refractivity contribution in [3.05, 3.63) is 29.3 Å². The minimum atomic E-state index is 0. The van der Waals surface area contributed by atoms with Crippen LogP contribution in [-0.2, 0) is 12.8 Å². The Balaban J connectivity index is 0.00000225. The van der Waals surface area contributed by atoms with Gasteiger partial charge < -0.3 is 16.0 Å². The van der Waals surface area contributed by atoms with Gasteiger partial charge in [-0.15, -0.1) is 24.0 Å². The molecule has 1 unspecified atom stereocenters. The van der Waals surface area contributed by atoms with Gasteiger partial charge >= 0.3 is 0 Å². The molecule has 1 atom stereocenters. The number of guanidine groups is 1. The fourth-order valence-electron chi connectivity index (χ4n) is 4.02. The largest absolute Gasteiger partial charge is 0.370 e. The normalized spacial score (nSPS) is 21.6. The Kier molecular flexibility index (Phi) is 8.00. The summed E-state index contributed by atoms with van der Waals surface area (Å²) in [7, 11) is 0. The van der Waals surface area contributed by atoms with Crippen molar-refractivity contribution in [1.29, 1.82) is 0 Å². The van der Waals surface area contributed by atoms with E-state index in [9.17, 15) is 0 Å². The number of anilines is 1. The van der Waals surface area contributed by atoms with E-state index in [1.54, 1.807) is 0 Å². The van der Waals surface area contributed by atoms with Crippen LogP contribution in [0.4, 0.5) is 5.69 Å². The third-order valence-corrected chi connectivity index (χ3v) is 5.46. The summed E-state index contributed by atoms with van der Waals surface area (Å²) in [5.74, 6) is 1.20. The first-order valence-corrected chi connectivity index (χ1v) is 9.55. The minimum absolute atomic E-state index is 0. The number of rotatable bonds is 4. The maximum absolute atomic E-state index is 6.18. The van der Waals surface area contributed by atoms with Gasteiger partial charge in [0.15, 0.2) is 5.96 Å². The Morgan fingerprint density at radius 2 is 2.08 bits per heavy atom. The number of piperidine rings is 1. The minimum Gasteiger partial charge on any atom is -0.370 e. The van der Waals surface area contributed by atoms with E-state index >= 15 is 0 Å². The molecule has 1 aromatic carbocycles. The SMILES string of the molecule is CC(C)N1CCCC(CN=C(N)Nc2cccc3c2CCCC3)C1.I. The summed E-state index contributed by atoms with van der Waals surface area (Å²) in [5.41, 5.74) is 10.2. The average molecular weight is 456 g/mol.